The van der Waals surface area contributed by atoms with Crippen LogP contribution in [0.1, 0.15) is 13.8 Å². The first-order valence-corrected chi connectivity index (χ1v) is 4.22. The van der Waals surface area contributed by atoms with Gasteiger partial charge >= 0.3 is 0 Å². The number of halogens is 1. The van der Waals surface area contributed by atoms with Gasteiger partial charge in [0.15, 0.2) is 0 Å². The highest BCUT2D eigenvalue weighted by Crippen LogP contribution is 2.10. The van der Waals surface area contributed by atoms with E-state index in [0.717, 1.165) is 10.1 Å². The zero-order chi connectivity index (χ0) is 8.85. The average molecular weight is 213 g/mol. The van der Waals surface area contributed by atoms with Crippen molar-refractivity contribution in [3.63, 3.8) is 0 Å². The van der Waals surface area contributed by atoms with E-state index in [4.69, 9.17) is 0 Å². The van der Waals surface area contributed by atoms with Crippen molar-refractivity contribution in [2.75, 3.05) is 0 Å². The minimum atomic E-state index is 0.863. The zero-order valence-electron chi connectivity index (χ0n) is 7.02. The Labute approximate surface area is 77.1 Å². The second-order valence-corrected chi connectivity index (χ2v) is 3.30. The first-order valence-electron chi connectivity index (χ1n) is 3.42. The maximum atomic E-state index is 3.88. The van der Waals surface area contributed by atoms with Gasteiger partial charge in [0.25, 0.3) is 0 Å². The van der Waals surface area contributed by atoms with Crippen LogP contribution in [0.25, 0.3) is 0 Å². The standard InChI is InChI=1S/C10H13Br/c1-5-8(2)9(3)6-7-10(4)11/h5-7H,3-4H2,1-2H3/b7-6-,8-5+. The van der Waals surface area contributed by atoms with Crippen molar-refractivity contribution in [2.24, 2.45) is 0 Å². The van der Waals surface area contributed by atoms with Crippen molar-refractivity contribution in [1.29, 1.82) is 0 Å². The fourth-order valence-electron chi connectivity index (χ4n) is 0.508. The molecule has 0 bridgehead atoms. The van der Waals surface area contributed by atoms with Crippen LogP contribution >= 0.6 is 15.9 Å². The maximum Gasteiger partial charge on any atom is 0.0103 e. The molecule has 0 saturated carbocycles. The summed E-state index contributed by atoms with van der Waals surface area (Å²) in [6.45, 7) is 11.6. The van der Waals surface area contributed by atoms with Gasteiger partial charge in [0.1, 0.15) is 0 Å². The van der Waals surface area contributed by atoms with Crippen LogP contribution in [0.5, 0.6) is 0 Å². The van der Waals surface area contributed by atoms with Crippen molar-refractivity contribution in [2.45, 2.75) is 13.8 Å². The Hall–Kier alpha value is -0.560. The summed E-state index contributed by atoms with van der Waals surface area (Å²) in [6.07, 6.45) is 5.85. The maximum absolute atomic E-state index is 3.88. The van der Waals surface area contributed by atoms with E-state index >= 15 is 0 Å². The third-order valence-corrected chi connectivity index (χ3v) is 1.67. The Bertz CT molecular complexity index is 219. The lowest BCUT2D eigenvalue weighted by molar-refractivity contribution is 1.41. The summed E-state index contributed by atoms with van der Waals surface area (Å²) in [7, 11) is 0. The molecule has 0 aliphatic heterocycles. The molecule has 60 valence electrons. The lowest BCUT2D eigenvalue weighted by Gasteiger charge is -1.96. The molecule has 0 aliphatic rings. The molecule has 0 N–H and O–H groups in total. The second-order valence-electron chi connectivity index (χ2n) is 2.28. The van der Waals surface area contributed by atoms with Crippen molar-refractivity contribution < 1.29 is 0 Å². The molecule has 0 atom stereocenters. The Morgan fingerprint density at radius 2 is 1.82 bits per heavy atom. The summed E-state index contributed by atoms with van der Waals surface area (Å²) in [5.74, 6) is 0. The molecule has 0 saturated heterocycles. The van der Waals surface area contributed by atoms with E-state index in [1.165, 1.54) is 5.57 Å². The molecule has 0 amide bonds. The lowest BCUT2D eigenvalue weighted by atomic mass is 10.1. The molecule has 0 nitrogen and oxygen atoms in total. The molecule has 0 spiro atoms. The van der Waals surface area contributed by atoms with E-state index in [1.807, 2.05) is 32.1 Å². The molecule has 0 radical (unpaired) electrons. The molecule has 0 aliphatic carbocycles. The molecule has 0 fully saturated rings. The molecule has 0 aromatic rings. The fraction of sp³-hybridized carbons (Fsp3) is 0.200. The van der Waals surface area contributed by atoms with Crippen LogP contribution in [0.3, 0.4) is 0 Å². The molecule has 0 aromatic carbocycles. The third kappa shape index (κ3) is 4.79. The van der Waals surface area contributed by atoms with Crippen molar-refractivity contribution in [1.82, 2.24) is 0 Å². The normalized spacial score (nSPS) is 12.1. The van der Waals surface area contributed by atoms with E-state index in [-0.39, 0.29) is 0 Å². The summed E-state index contributed by atoms with van der Waals surface area (Å²) < 4.78 is 0.863. The van der Waals surface area contributed by atoms with Gasteiger partial charge in [0.05, 0.1) is 0 Å². The second kappa shape index (κ2) is 5.14. The number of rotatable bonds is 3. The minimum Gasteiger partial charge on any atom is -0.0915 e. The van der Waals surface area contributed by atoms with Crippen LogP contribution in [0.4, 0.5) is 0 Å². The topological polar surface area (TPSA) is 0 Å². The third-order valence-electron chi connectivity index (χ3n) is 1.40. The predicted molar refractivity (Wildman–Crippen MR) is 55.8 cm³/mol. The smallest absolute Gasteiger partial charge is 0.0103 e. The first-order chi connectivity index (χ1) is 5.07. The highest BCUT2D eigenvalue weighted by atomic mass is 79.9. The van der Waals surface area contributed by atoms with Gasteiger partial charge in [0.2, 0.25) is 0 Å². The average Bonchev–Trinajstić information content (AvgIpc) is 1.98. The Morgan fingerprint density at radius 3 is 2.18 bits per heavy atom. The van der Waals surface area contributed by atoms with Gasteiger partial charge in [-0.05, 0) is 31.1 Å². The van der Waals surface area contributed by atoms with E-state index in [1.54, 1.807) is 0 Å². The van der Waals surface area contributed by atoms with Crippen LogP contribution in [-0.4, -0.2) is 0 Å². The highest BCUT2D eigenvalue weighted by molar-refractivity contribution is 9.11. The Balaban J connectivity index is 4.19. The van der Waals surface area contributed by atoms with Crippen LogP contribution < -0.4 is 0 Å². The van der Waals surface area contributed by atoms with Gasteiger partial charge in [-0.2, -0.15) is 0 Å². The SMILES string of the molecule is C=C(Br)/C=C\C(=C)/C(C)=C/C. The molecule has 1 heteroatoms. The van der Waals surface area contributed by atoms with Crippen molar-refractivity contribution in [3.05, 3.63) is 47.0 Å². The number of allylic oxidation sites excluding steroid dienone is 6. The fourth-order valence-corrected chi connectivity index (χ4v) is 0.640. The van der Waals surface area contributed by atoms with E-state index in [0.29, 0.717) is 0 Å². The summed E-state index contributed by atoms with van der Waals surface area (Å²) >= 11 is 3.23. The van der Waals surface area contributed by atoms with E-state index in [9.17, 15) is 0 Å². The van der Waals surface area contributed by atoms with Gasteiger partial charge in [-0.1, -0.05) is 41.2 Å². The highest BCUT2D eigenvalue weighted by Gasteiger charge is 1.88. The summed E-state index contributed by atoms with van der Waals surface area (Å²) in [6, 6.07) is 0. The quantitative estimate of drug-likeness (QED) is 0.622. The van der Waals surface area contributed by atoms with Crippen LogP contribution in [0.2, 0.25) is 0 Å². The van der Waals surface area contributed by atoms with Crippen LogP contribution in [-0.2, 0) is 0 Å². The van der Waals surface area contributed by atoms with Gasteiger partial charge < -0.3 is 0 Å². The molecular formula is C10H13Br. The zero-order valence-corrected chi connectivity index (χ0v) is 8.61. The van der Waals surface area contributed by atoms with Crippen LogP contribution in [0.15, 0.2) is 47.0 Å². The largest absolute Gasteiger partial charge is 0.0915 e. The van der Waals surface area contributed by atoms with Gasteiger partial charge in [-0.3, -0.25) is 0 Å². The molecule has 0 rings (SSSR count). The van der Waals surface area contributed by atoms with E-state index < -0.39 is 0 Å². The first kappa shape index (κ1) is 10.4. The van der Waals surface area contributed by atoms with Crippen LogP contribution in [0, 0.1) is 0 Å². The lowest BCUT2D eigenvalue weighted by Crippen LogP contribution is -1.76. The summed E-state index contributed by atoms with van der Waals surface area (Å²) in [5.41, 5.74) is 2.21. The molecule has 0 unspecified atom stereocenters. The van der Waals surface area contributed by atoms with Gasteiger partial charge in [-0.15, -0.1) is 0 Å². The predicted octanol–water partition coefficient (Wildman–Crippen LogP) is 3.97. The van der Waals surface area contributed by atoms with Crippen molar-refractivity contribution >= 4 is 15.9 Å². The van der Waals surface area contributed by atoms with Crippen molar-refractivity contribution in [3.8, 4) is 0 Å². The minimum absolute atomic E-state index is 0.863. The van der Waals surface area contributed by atoms with E-state index in [2.05, 4.69) is 29.1 Å². The number of hydrogen-bond acceptors (Lipinski definition) is 0. The Kier molecular flexibility index (Phi) is 4.88. The summed E-state index contributed by atoms with van der Waals surface area (Å²) in [5, 5.41) is 0. The molecular weight excluding hydrogens is 200 g/mol. The Morgan fingerprint density at radius 1 is 1.27 bits per heavy atom. The number of hydrogen-bond donors (Lipinski definition) is 0. The molecule has 0 heterocycles. The molecule has 11 heavy (non-hydrogen) atoms. The monoisotopic (exact) mass is 212 g/mol. The van der Waals surface area contributed by atoms with Gasteiger partial charge in [0, 0.05) is 4.48 Å². The van der Waals surface area contributed by atoms with Gasteiger partial charge in [-0.25, -0.2) is 0 Å². The summed E-state index contributed by atoms with van der Waals surface area (Å²) in [4.78, 5) is 0. The molecule has 0 aromatic heterocycles.